The van der Waals surface area contributed by atoms with Gasteiger partial charge in [0.2, 0.25) is 0 Å². The number of amides is 1. The lowest BCUT2D eigenvalue weighted by atomic mass is 10.2. The Hall–Kier alpha value is -2.47. The molecule has 0 fully saturated rings. The molecule has 19 heavy (non-hydrogen) atoms. The van der Waals surface area contributed by atoms with E-state index < -0.39 is 0 Å². The van der Waals surface area contributed by atoms with Crippen LogP contribution < -0.4 is 5.32 Å². The van der Waals surface area contributed by atoms with Crippen molar-refractivity contribution in [3.05, 3.63) is 53.0 Å². The monoisotopic (exact) mass is 270 g/mol. The molecule has 0 saturated heterocycles. The number of hydrogen-bond donors (Lipinski definition) is 2. The summed E-state index contributed by atoms with van der Waals surface area (Å²) in [7, 11) is 0. The fourth-order valence-corrected chi connectivity index (χ4v) is 2.31. The summed E-state index contributed by atoms with van der Waals surface area (Å²) in [6.45, 7) is 0. The van der Waals surface area contributed by atoms with Crippen LogP contribution in [0.3, 0.4) is 0 Å². The van der Waals surface area contributed by atoms with Gasteiger partial charge in [0.1, 0.15) is 6.33 Å². The lowest BCUT2D eigenvalue weighted by molar-refractivity contribution is 0.103. The highest BCUT2D eigenvalue weighted by molar-refractivity contribution is 7.12. The zero-order valence-electron chi connectivity index (χ0n) is 9.83. The fraction of sp³-hybridized carbons (Fsp3) is 0. The van der Waals surface area contributed by atoms with E-state index in [0.717, 1.165) is 11.3 Å². The molecule has 2 heterocycles. The van der Waals surface area contributed by atoms with E-state index in [0.29, 0.717) is 10.7 Å². The van der Waals surface area contributed by atoms with Crippen LogP contribution in [0.2, 0.25) is 0 Å². The number of carbonyl (C=O) groups excluding carboxylic acids is 1. The lowest BCUT2D eigenvalue weighted by Gasteiger charge is -2.05. The Balaban J connectivity index is 1.82. The second-order valence-corrected chi connectivity index (χ2v) is 4.79. The van der Waals surface area contributed by atoms with Crippen LogP contribution in [0.25, 0.3) is 11.4 Å². The molecule has 3 rings (SSSR count). The molecule has 1 aromatic carbocycles. The molecule has 0 atom stereocenters. The summed E-state index contributed by atoms with van der Waals surface area (Å²) in [5.41, 5.74) is 1.61. The van der Waals surface area contributed by atoms with E-state index in [1.807, 2.05) is 35.7 Å². The van der Waals surface area contributed by atoms with Gasteiger partial charge in [-0.25, -0.2) is 4.98 Å². The van der Waals surface area contributed by atoms with Crippen LogP contribution in [0.1, 0.15) is 9.67 Å². The third kappa shape index (κ3) is 2.53. The molecule has 1 amide bonds. The van der Waals surface area contributed by atoms with Crippen molar-refractivity contribution in [2.75, 3.05) is 5.32 Å². The average Bonchev–Trinajstić information content (AvgIpc) is 3.13. The molecule has 5 nitrogen and oxygen atoms in total. The number of aromatic nitrogens is 3. The number of anilines is 1. The van der Waals surface area contributed by atoms with Gasteiger partial charge in [0, 0.05) is 11.3 Å². The number of hydrogen-bond acceptors (Lipinski definition) is 4. The Morgan fingerprint density at radius 2 is 2.21 bits per heavy atom. The molecule has 94 valence electrons. The zero-order chi connectivity index (χ0) is 13.1. The predicted octanol–water partition coefficient (Wildman–Crippen LogP) is 2.79. The van der Waals surface area contributed by atoms with E-state index in [1.165, 1.54) is 17.7 Å². The number of carbonyl (C=O) groups is 1. The van der Waals surface area contributed by atoms with E-state index in [2.05, 4.69) is 20.5 Å². The summed E-state index contributed by atoms with van der Waals surface area (Å²) >= 11 is 1.41. The molecule has 2 N–H and O–H groups in total. The van der Waals surface area contributed by atoms with E-state index in [4.69, 9.17) is 0 Å². The van der Waals surface area contributed by atoms with Gasteiger partial charge in [0.25, 0.3) is 5.91 Å². The highest BCUT2D eigenvalue weighted by Crippen LogP contribution is 2.19. The van der Waals surface area contributed by atoms with Gasteiger partial charge in [-0.05, 0) is 23.6 Å². The van der Waals surface area contributed by atoms with Gasteiger partial charge in [0.05, 0.1) is 4.88 Å². The van der Waals surface area contributed by atoms with Crippen LogP contribution in [-0.4, -0.2) is 21.1 Å². The van der Waals surface area contributed by atoms with Crippen LogP contribution in [-0.2, 0) is 0 Å². The van der Waals surface area contributed by atoms with Gasteiger partial charge in [-0.1, -0.05) is 18.2 Å². The Bertz CT molecular complexity index is 677. The minimum Gasteiger partial charge on any atom is -0.321 e. The van der Waals surface area contributed by atoms with Gasteiger partial charge in [-0.3, -0.25) is 9.89 Å². The molecular formula is C13H10N4OS. The van der Waals surface area contributed by atoms with Crippen molar-refractivity contribution < 1.29 is 4.79 Å². The summed E-state index contributed by atoms with van der Waals surface area (Å²) in [5.74, 6) is 0.567. The first-order valence-electron chi connectivity index (χ1n) is 5.63. The van der Waals surface area contributed by atoms with Gasteiger partial charge in [-0.2, -0.15) is 5.10 Å². The number of benzene rings is 1. The normalized spacial score (nSPS) is 10.3. The molecule has 0 bridgehead atoms. The minimum absolute atomic E-state index is 0.107. The Morgan fingerprint density at radius 3 is 2.95 bits per heavy atom. The van der Waals surface area contributed by atoms with Crippen LogP contribution in [0, 0.1) is 0 Å². The lowest BCUT2D eigenvalue weighted by Crippen LogP contribution is -2.09. The number of H-pyrrole nitrogens is 1. The molecule has 0 saturated carbocycles. The molecule has 0 aliphatic heterocycles. The maximum Gasteiger partial charge on any atom is 0.265 e. The van der Waals surface area contributed by atoms with E-state index >= 15 is 0 Å². The predicted molar refractivity (Wildman–Crippen MR) is 74.1 cm³/mol. The first kappa shape index (κ1) is 11.6. The van der Waals surface area contributed by atoms with Crippen molar-refractivity contribution >= 4 is 22.9 Å². The van der Waals surface area contributed by atoms with E-state index in [1.54, 1.807) is 6.07 Å². The third-order valence-corrected chi connectivity index (χ3v) is 3.42. The summed E-state index contributed by atoms with van der Waals surface area (Å²) < 4.78 is 0. The van der Waals surface area contributed by atoms with Gasteiger partial charge >= 0.3 is 0 Å². The molecule has 3 aromatic rings. The molecule has 0 radical (unpaired) electrons. The van der Waals surface area contributed by atoms with Crippen molar-refractivity contribution in [3.8, 4) is 11.4 Å². The first-order chi connectivity index (χ1) is 9.33. The third-order valence-electron chi connectivity index (χ3n) is 2.55. The maximum absolute atomic E-state index is 11.9. The molecule has 0 unspecified atom stereocenters. The highest BCUT2D eigenvalue weighted by atomic mass is 32.1. The maximum atomic E-state index is 11.9. The standard InChI is InChI=1S/C13H10N4OS/c18-13(11-5-2-6-19-11)16-10-4-1-3-9(7-10)12-14-8-15-17-12/h1-8H,(H,16,18)(H,14,15,17). The average molecular weight is 270 g/mol. The number of rotatable bonds is 3. The quantitative estimate of drug-likeness (QED) is 0.768. The van der Waals surface area contributed by atoms with Gasteiger partial charge < -0.3 is 5.32 Å². The first-order valence-corrected chi connectivity index (χ1v) is 6.51. The fourth-order valence-electron chi connectivity index (χ4n) is 1.69. The van der Waals surface area contributed by atoms with Crippen LogP contribution in [0.15, 0.2) is 48.1 Å². The molecule has 0 spiro atoms. The van der Waals surface area contributed by atoms with Crippen LogP contribution >= 0.6 is 11.3 Å². The summed E-state index contributed by atoms with van der Waals surface area (Å²) in [6, 6.07) is 11.1. The molecule has 6 heteroatoms. The van der Waals surface area contributed by atoms with Gasteiger partial charge in [0.15, 0.2) is 5.82 Å². The summed E-state index contributed by atoms with van der Waals surface area (Å²) in [5, 5.41) is 11.3. The van der Waals surface area contributed by atoms with Crippen molar-refractivity contribution in [1.29, 1.82) is 0 Å². The molecule has 2 aromatic heterocycles. The van der Waals surface area contributed by atoms with Crippen molar-refractivity contribution in [2.24, 2.45) is 0 Å². The SMILES string of the molecule is O=C(Nc1cccc(-c2ncn[nH]2)c1)c1cccs1. The van der Waals surface area contributed by atoms with Crippen molar-refractivity contribution in [3.63, 3.8) is 0 Å². The highest BCUT2D eigenvalue weighted by Gasteiger charge is 2.08. The second-order valence-electron chi connectivity index (χ2n) is 3.85. The molecular weight excluding hydrogens is 260 g/mol. The van der Waals surface area contributed by atoms with Crippen molar-refractivity contribution in [1.82, 2.24) is 15.2 Å². The number of nitrogens with one attached hydrogen (secondary N) is 2. The Labute approximate surface area is 113 Å². The Morgan fingerprint density at radius 1 is 1.26 bits per heavy atom. The Kier molecular flexibility index (Phi) is 3.07. The second kappa shape index (κ2) is 5.03. The topological polar surface area (TPSA) is 70.7 Å². The number of thiophene rings is 1. The van der Waals surface area contributed by atoms with Gasteiger partial charge in [-0.15, -0.1) is 11.3 Å². The summed E-state index contributed by atoms with van der Waals surface area (Å²) in [4.78, 5) is 16.7. The van der Waals surface area contributed by atoms with E-state index in [9.17, 15) is 4.79 Å². The molecule has 0 aliphatic rings. The minimum atomic E-state index is -0.107. The van der Waals surface area contributed by atoms with Crippen LogP contribution in [0.4, 0.5) is 5.69 Å². The zero-order valence-corrected chi connectivity index (χ0v) is 10.6. The number of aromatic amines is 1. The largest absolute Gasteiger partial charge is 0.321 e. The number of nitrogens with zero attached hydrogens (tertiary/aromatic N) is 2. The van der Waals surface area contributed by atoms with Crippen LogP contribution in [0.5, 0.6) is 0 Å². The van der Waals surface area contributed by atoms with Crippen molar-refractivity contribution in [2.45, 2.75) is 0 Å². The van der Waals surface area contributed by atoms with E-state index in [-0.39, 0.29) is 5.91 Å². The smallest absolute Gasteiger partial charge is 0.265 e. The molecule has 0 aliphatic carbocycles. The summed E-state index contributed by atoms with van der Waals surface area (Å²) in [6.07, 6.45) is 1.45.